The van der Waals surface area contributed by atoms with Crippen LogP contribution in [0.1, 0.15) is 53.4 Å². The van der Waals surface area contributed by atoms with Crippen molar-refractivity contribution in [1.82, 2.24) is 9.21 Å². The van der Waals surface area contributed by atoms with E-state index in [2.05, 4.69) is 24.1 Å². The largest absolute Gasteiger partial charge is 0.324 e. The second kappa shape index (κ2) is 9.59. The van der Waals surface area contributed by atoms with E-state index in [0.29, 0.717) is 13.1 Å². The number of hydrogen-bond donors (Lipinski definition) is 1. The Morgan fingerprint density at radius 3 is 2.38 bits per heavy atom. The van der Waals surface area contributed by atoms with Crippen molar-refractivity contribution in [2.24, 2.45) is 11.3 Å². The number of amides is 1. The summed E-state index contributed by atoms with van der Waals surface area (Å²) in [6, 6.07) is 14.0. The number of anilines is 1. The third-order valence-corrected chi connectivity index (χ3v) is 10.0. The van der Waals surface area contributed by atoms with Crippen molar-refractivity contribution in [3.8, 4) is 0 Å². The second-order valence-corrected chi connectivity index (χ2v) is 13.3. The molecule has 1 spiro atoms. The van der Waals surface area contributed by atoms with Gasteiger partial charge in [0.25, 0.3) is 0 Å². The van der Waals surface area contributed by atoms with E-state index in [1.165, 1.54) is 0 Å². The lowest BCUT2D eigenvalue weighted by molar-refractivity contribution is -0.118. The van der Waals surface area contributed by atoms with E-state index >= 15 is 0 Å². The number of sulfonamides is 1. The molecule has 0 aliphatic carbocycles. The summed E-state index contributed by atoms with van der Waals surface area (Å²) in [5.74, 6) is 0.312. The molecule has 0 atom stereocenters. The number of rotatable bonds is 6. The summed E-state index contributed by atoms with van der Waals surface area (Å²) >= 11 is 0. The molecule has 2 saturated heterocycles. The van der Waals surface area contributed by atoms with Gasteiger partial charge in [0.1, 0.15) is 0 Å². The molecule has 1 amide bonds. The minimum Gasteiger partial charge on any atom is -0.324 e. The molecule has 1 N–H and O–H groups in total. The average Bonchev–Trinajstić information content (AvgIpc) is 2.76. The van der Waals surface area contributed by atoms with Gasteiger partial charge in [0.2, 0.25) is 15.9 Å². The van der Waals surface area contributed by atoms with Gasteiger partial charge in [-0.3, -0.25) is 9.69 Å². The van der Waals surface area contributed by atoms with Gasteiger partial charge in [0.15, 0.2) is 0 Å². The molecule has 0 aromatic heterocycles. The van der Waals surface area contributed by atoms with Gasteiger partial charge in [-0.1, -0.05) is 50.2 Å². The Kier molecular flexibility index (Phi) is 7.09. The van der Waals surface area contributed by atoms with Gasteiger partial charge in [-0.2, -0.15) is 4.31 Å². The third kappa shape index (κ3) is 5.47. The molecule has 186 valence electrons. The first-order valence-electron chi connectivity index (χ1n) is 12.5. The summed E-state index contributed by atoms with van der Waals surface area (Å²) in [7, 11) is -3.30. The van der Waals surface area contributed by atoms with Crippen LogP contribution >= 0.6 is 0 Å². The first-order chi connectivity index (χ1) is 16.0. The molecule has 2 heterocycles. The standard InChI is InChI=1S/C27H39N3O3S/c1-21(2)19-34(32,33)30-20-27(13-12-26(30,3)4)14-16-29(17-15-27)18-25(31)28-24-11-7-9-22-8-5-6-10-23(22)24/h5-11,21H,12-20H2,1-4H3,(H,28,31). The molecular formula is C27H39N3O3S. The second-order valence-electron chi connectivity index (χ2n) is 11.3. The average molecular weight is 486 g/mol. The van der Waals surface area contributed by atoms with E-state index in [1.54, 1.807) is 4.31 Å². The number of nitrogens with one attached hydrogen (secondary N) is 1. The van der Waals surface area contributed by atoms with Crippen LogP contribution in [0.4, 0.5) is 5.69 Å². The first-order valence-corrected chi connectivity index (χ1v) is 14.1. The van der Waals surface area contributed by atoms with Crippen molar-refractivity contribution in [2.75, 3.05) is 37.2 Å². The number of nitrogens with zero attached hydrogens (tertiary/aromatic N) is 2. The van der Waals surface area contributed by atoms with Gasteiger partial charge in [0, 0.05) is 23.2 Å². The Morgan fingerprint density at radius 2 is 1.68 bits per heavy atom. The predicted molar refractivity (Wildman–Crippen MR) is 139 cm³/mol. The van der Waals surface area contributed by atoms with E-state index in [1.807, 2.05) is 56.3 Å². The minimum absolute atomic E-state index is 0.00165. The Morgan fingerprint density at radius 1 is 1.00 bits per heavy atom. The van der Waals surface area contributed by atoms with Crippen LogP contribution in [-0.4, -0.2) is 61.0 Å². The molecule has 4 rings (SSSR count). The zero-order valence-corrected chi connectivity index (χ0v) is 21.8. The summed E-state index contributed by atoms with van der Waals surface area (Å²) in [5.41, 5.74) is 0.522. The highest BCUT2D eigenvalue weighted by molar-refractivity contribution is 7.89. The highest BCUT2D eigenvalue weighted by atomic mass is 32.2. The number of piperidine rings is 2. The predicted octanol–water partition coefficient (Wildman–Crippen LogP) is 4.72. The van der Waals surface area contributed by atoms with Crippen LogP contribution in [0.5, 0.6) is 0 Å². The smallest absolute Gasteiger partial charge is 0.238 e. The van der Waals surface area contributed by atoms with Crippen molar-refractivity contribution in [3.05, 3.63) is 42.5 Å². The zero-order valence-electron chi connectivity index (χ0n) is 21.0. The molecule has 0 radical (unpaired) electrons. The number of carbonyl (C=O) groups is 1. The molecule has 7 heteroatoms. The van der Waals surface area contributed by atoms with E-state index in [0.717, 1.165) is 55.2 Å². The van der Waals surface area contributed by atoms with E-state index < -0.39 is 10.0 Å². The highest BCUT2D eigenvalue weighted by Crippen LogP contribution is 2.46. The molecule has 2 aromatic rings. The molecular weight excluding hydrogens is 446 g/mol. The lowest BCUT2D eigenvalue weighted by Crippen LogP contribution is -2.59. The van der Waals surface area contributed by atoms with Crippen LogP contribution in [0.2, 0.25) is 0 Å². The number of fused-ring (bicyclic) bond motifs is 1. The topological polar surface area (TPSA) is 69.7 Å². The lowest BCUT2D eigenvalue weighted by Gasteiger charge is -2.53. The molecule has 2 fully saturated rings. The molecule has 0 saturated carbocycles. The molecule has 34 heavy (non-hydrogen) atoms. The van der Waals surface area contributed by atoms with Gasteiger partial charge >= 0.3 is 0 Å². The SMILES string of the molecule is CC(C)CS(=O)(=O)N1CC2(CCN(CC(=O)Nc3cccc4ccccc34)CC2)CCC1(C)C. The molecule has 2 aromatic carbocycles. The molecule has 2 aliphatic rings. The lowest BCUT2D eigenvalue weighted by atomic mass is 9.69. The van der Waals surface area contributed by atoms with Crippen LogP contribution in [0, 0.1) is 11.3 Å². The van der Waals surface area contributed by atoms with Crippen LogP contribution in [0.25, 0.3) is 10.8 Å². The number of benzene rings is 2. The molecule has 2 aliphatic heterocycles. The quantitative estimate of drug-likeness (QED) is 0.643. The van der Waals surface area contributed by atoms with Crippen LogP contribution in [0.3, 0.4) is 0 Å². The van der Waals surface area contributed by atoms with Gasteiger partial charge < -0.3 is 5.32 Å². The Balaban J connectivity index is 1.37. The molecule has 6 nitrogen and oxygen atoms in total. The first kappa shape index (κ1) is 25.1. The normalized spacial score (nSPS) is 21.2. The van der Waals surface area contributed by atoms with Crippen LogP contribution in [-0.2, 0) is 14.8 Å². The fraction of sp³-hybridized carbons (Fsp3) is 0.593. The molecule has 0 unspecified atom stereocenters. The third-order valence-electron chi connectivity index (χ3n) is 7.65. The maximum atomic E-state index is 13.2. The summed E-state index contributed by atoms with van der Waals surface area (Å²) in [5, 5.41) is 5.24. The van der Waals surface area contributed by atoms with Gasteiger partial charge in [0.05, 0.1) is 12.3 Å². The fourth-order valence-electron chi connectivity index (χ4n) is 5.60. The van der Waals surface area contributed by atoms with Crippen LogP contribution < -0.4 is 5.32 Å². The Hall–Kier alpha value is -1.96. The Labute approximate surface area is 204 Å². The highest BCUT2D eigenvalue weighted by Gasteiger charge is 2.48. The van der Waals surface area contributed by atoms with Crippen molar-refractivity contribution in [1.29, 1.82) is 0 Å². The number of likely N-dealkylation sites (tertiary alicyclic amines) is 1. The number of hydrogen-bond acceptors (Lipinski definition) is 4. The van der Waals surface area contributed by atoms with Gasteiger partial charge in [-0.25, -0.2) is 8.42 Å². The molecule has 0 bridgehead atoms. The number of carbonyl (C=O) groups excluding carboxylic acids is 1. The van der Waals surface area contributed by atoms with Crippen molar-refractivity contribution < 1.29 is 13.2 Å². The van der Waals surface area contributed by atoms with Gasteiger partial charge in [-0.15, -0.1) is 0 Å². The maximum absolute atomic E-state index is 13.2. The fourth-order valence-corrected chi connectivity index (χ4v) is 7.94. The van der Waals surface area contributed by atoms with Crippen molar-refractivity contribution >= 4 is 32.4 Å². The summed E-state index contributed by atoms with van der Waals surface area (Å²) in [6.07, 6.45) is 3.78. The van der Waals surface area contributed by atoms with Gasteiger partial charge in [-0.05, 0) is 75.4 Å². The minimum atomic E-state index is -3.30. The van der Waals surface area contributed by atoms with E-state index in [9.17, 15) is 13.2 Å². The zero-order chi connectivity index (χ0) is 24.6. The summed E-state index contributed by atoms with van der Waals surface area (Å²) < 4.78 is 28.2. The Bertz CT molecular complexity index is 1130. The van der Waals surface area contributed by atoms with Crippen molar-refractivity contribution in [2.45, 2.75) is 58.9 Å². The van der Waals surface area contributed by atoms with E-state index in [4.69, 9.17) is 0 Å². The van der Waals surface area contributed by atoms with Crippen LogP contribution in [0.15, 0.2) is 42.5 Å². The maximum Gasteiger partial charge on any atom is 0.238 e. The monoisotopic (exact) mass is 485 g/mol. The summed E-state index contributed by atoms with van der Waals surface area (Å²) in [4.78, 5) is 15.0. The van der Waals surface area contributed by atoms with E-state index in [-0.39, 0.29) is 28.5 Å². The summed E-state index contributed by atoms with van der Waals surface area (Å²) in [6.45, 7) is 10.7. The van der Waals surface area contributed by atoms with Crippen molar-refractivity contribution in [3.63, 3.8) is 0 Å².